The highest BCUT2D eigenvalue weighted by molar-refractivity contribution is 8.00. The van der Waals surface area contributed by atoms with E-state index in [9.17, 15) is 4.79 Å². The van der Waals surface area contributed by atoms with Crippen LogP contribution in [0, 0.1) is 0 Å². The van der Waals surface area contributed by atoms with E-state index in [2.05, 4.69) is 39.9 Å². The summed E-state index contributed by atoms with van der Waals surface area (Å²) in [5.41, 5.74) is 2.64. The van der Waals surface area contributed by atoms with E-state index in [1.54, 1.807) is 11.8 Å². The summed E-state index contributed by atoms with van der Waals surface area (Å²) in [4.78, 5) is 14.9. The number of thioether (sulfide) groups is 1. The maximum absolute atomic E-state index is 12.9. The Morgan fingerprint density at radius 1 is 1.28 bits per heavy atom. The van der Waals surface area contributed by atoms with E-state index in [-0.39, 0.29) is 11.2 Å². The third kappa shape index (κ3) is 3.32. The van der Waals surface area contributed by atoms with Gasteiger partial charge in [-0.2, -0.15) is 0 Å². The molecular formula is C19H24N4OS. The molecule has 6 heteroatoms. The highest BCUT2D eigenvalue weighted by atomic mass is 32.2. The van der Waals surface area contributed by atoms with Gasteiger partial charge in [-0.15, -0.1) is 10.2 Å². The van der Waals surface area contributed by atoms with Crippen LogP contribution in [-0.4, -0.2) is 37.4 Å². The molecule has 0 spiro atoms. The molecule has 132 valence electrons. The second-order valence-electron chi connectivity index (χ2n) is 6.90. The van der Waals surface area contributed by atoms with E-state index in [1.807, 2.05) is 17.9 Å². The summed E-state index contributed by atoms with van der Waals surface area (Å²) in [6, 6.07) is 8.42. The average Bonchev–Trinajstić information content (AvgIpc) is 3.41. The van der Waals surface area contributed by atoms with Crippen molar-refractivity contribution in [1.29, 1.82) is 0 Å². The molecule has 2 heterocycles. The Bertz CT molecular complexity index is 783. The Morgan fingerprint density at radius 3 is 2.76 bits per heavy atom. The molecule has 1 aliphatic carbocycles. The molecule has 2 aromatic rings. The zero-order chi connectivity index (χ0) is 17.4. The van der Waals surface area contributed by atoms with Gasteiger partial charge in [0, 0.05) is 25.6 Å². The molecule has 1 atom stereocenters. The van der Waals surface area contributed by atoms with Gasteiger partial charge in [0.2, 0.25) is 5.91 Å². The predicted octanol–water partition coefficient (Wildman–Crippen LogP) is 3.24. The average molecular weight is 356 g/mol. The monoisotopic (exact) mass is 356 g/mol. The first-order valence-electron chi connectivity index (χ1n) is 9.12. The van der Waals surface area contributed by atoms with Crippen LogP contribution in [0.25, 0.3) is 0 Å². The zero-order valence-corrected chi connectivity index (χ0v) is 15.6. The van der Waals surface area contributed by atoms with Crippen LogP contribution in [0.2, 0.25) is 0 Å². The largest absolute Gasteiger partial charge is 0.337 e. The Hall–Kier alpha value is -1.82. The molecule has 0 radical (unpaired) electrons. The fraction of sp³-hybridized carbons (Fsp3) is 0.526. The summed E-state index contributed by atoms with van der Waals surface area (Å²) in [6.07, 6.45) is 3.37. The van der Waals surface area contributed by atoms with E-state index in [1.165, 1.54) is 24.0 Å². The van der Waals surface area contributed by atoms with Crippen LogP contribution in [0.3, 0.4) is 0 Å². The number of carbonyl (C=O) groups excluding carboxylic acids is 1. The molecule has 1 aromatic heterocycles. The summed E-state index contributed by atoms with van der Waals surface area (Å²) in [7, 11) is 0. The van der Waals surface area contributed by atoms with Crippen LogP contribution >= 0.6 is 11.8 Å². The number of hydrogen-bond donors (Lipinski definition) is 0. The number of fused-ring (bicyclic) bond motifs is 1. The lowest BCUT2D eigenvalue weighted by Crippen LogP contribution is -2.40. The van der Waals surface area contributed by atoms with Gasteiger partial charge in [-0.05, 0) is 44.2 Å². The topological polar surface area (TPSA) is 51.0 Å². The fourth-order valence-electron chi connectivity index (χ4n) is 3.48. The maximum Gasteiger partial charge on any atom is 0.236 e. The second kappa shape index (κ2) is 6.83. The number of nitrogens with zero attached hydrogens (tertiary/aromatic N) is 4. The van der Waals surface area contributed by atoms with Crippen LogP contribution in [0.5, 0.6) is 0 Å². The molecule has 0 unspecified atom stereocenters. The van der Waals surface area contributed by atoms with Gasteiger partial charge >= 0.3 is 0 Å². The Kier molecular flexibility index (Phi) is 4.54. The van der Waals surface area contributed by atoms with Gasteiger partial charge in [-0.1, -0.05) is 36.0 Å². The summed E-state index contributed by atoms with van der Waals surface area (Å²) < 4.78 is 2.18. The first kappa shape index (κ1) is 16.6. The predicted molar refractivity (Wildman–Crippen MR) is 98.6 cm³/mol. The van der Waals surface area contributed by atoms with Crippen LogP contribution in [0.15, 0.2) is 29.4 Å². The van der Waals surface area contributed by atoms with Crippen molar-refractivity contribution in [2.45, 2.75) is 62.5 Å². The Labute approximate surface area is 152 Å². The van der Waals surface area contributed by atoms with Gasteiger partial charge in [0.25, 0.3) is 0 Å². The molecular weight excluding hydrogens is 332 g/mol. The molecule has 0 bridgehead atoms. The lowest BCUT2D eigenvalue weighted by Gasteiger charge is -2.30. The van der Waals surface area contributed by atoms with Crippen molar-refractivity contribution in [3.05, 3.63) is 41.2 Å². The third-order valence-electron chi connectivity index (χ3n) is 5.08. The minimum absolute atomic E-state index is 0.146. The molecule has 4 rings (SSSR count). The molecule has 2 aliphatic rings. The van der Waals surface area contributed by atoms with Crippen molar-refractivity contribution in [3.63, 3.8) is 0 Å². The first-order chi connectivity index (χ1) is 12.2. The summed E-state index contributed by atoms with van der Waals surface area (Å²) in [5, 5.41) is 9.46. The highest BCUT2D eigenvalue weighted by Gasteiger charge is 2.31. The SMILES string of the molecule is CCn1c(S[C@H](C)C(=O)N2CCc3ccccc3C2)nnc1C1CC1. The van der Waals surface area contributed by atoms with Crippen LogP contribution < -0.4 is 0 Å². The third-order valence-corrected chi connectivity index (χ3v) is 6.14. The van der Waals surface area contributed by atoms with Gasteiger partial charge < -0.3 is 9.47 Å². The second-order valence-corrected chi connectivity index (χ2v) is 8.21. The maximum atomic E-state index is 12.9. The number of rotatable bonds is 5. The van der Waals surface area contributed by atoms with Crippen LogP contribution in [-0.2, 0) is 24.3 Å². The lowest BCUT2D eigenvalue weighted by atomic mass is 10.00. The zero-order valence-electron chi connectivity index (χ0n) is 14.8. The minimum atomic E-state index is -0.146. The van der Waals surface area contributed by atoms with Crippen molar-refractivity contribution in [1.82, 2.24) is 19.7 Å². The van der Waals surface area contributed by atoms with Crippen molar-refractivity contribution in [3.8, 4) is 0 Å². The Morgan fingerprint density at radius 2 is 2.04 bits per heavy atom. The van der Waals surface area contributed by atoms with E-state index in [0.717, 1.165) is 30.5 Å². The molecule has 0 saturated heterocycles. The molecule has 1 aromatic carbocycles. The van der Waals surface area contributed by atoms with Crippen molar-refractivity contribution in [2.24, 2.45) is 0 Å². The van der Waals surface area contributed by atoms with Crippen LogP contribution in [0.4, 0.5) is 0 Å². The number of benzene rings is 1. The van der Waals surface area contributed by atoms with Crippen LogP contribution in [0.1, 0.15) is 49.6 Å². The minimum Gasteiger partial charge on any atom is -0.337 e. The van der Waals surface area contributed by atoms with Gasteiger partial charge in [0.05, 0.1) is 5.25 Å². The smallest absolute Gasteiger partial charge is 0.236 e. The highest BCUT2D eigenvalue weighted by Crippen LogP contribution is 2.40. The van der Waals surface area contributed by atoms with Gasteiger partial charge in [0.1, 0.15) is 5.82 Å². The van der Waals surface area contributed by atoms with Gasteiger partial charge in [0.15, 0.2) is 5.16 Å². The Balaban J connectivity index is 1.45. The molecule has 0 N–H and O–H groups in total. The number of hydrogen-bond acceptors (Lipinski definition) is 4. The van der Waals surface area contributed by atoms with Crippen molar-refractivity contribution in [2.75, 3.05) is 6.54 Å². The van der Waals surface area contributed by atoms with Crippen molar-refractivity contribution >= 4 is 17.7 Å². The summed E-state index contributed by atoms with van der Waals surface area (Å²) in [5.74, 6) is 1.86. The molecule has 1 amide bonds. The fourth-order valence-corrected chi connectivity index (χ4v) is 4.48. The molecule has 1 saturated carbocycles. The first-order valence-corrected chi connectivity index (χ1v) is 10.0. The molecule has 25 heavy (non-hydrogen) atoms. The van der Waals surface area contributed by atoms with E-state index < -0.39 is 0 Å². The summed E-state index contributed by atoms with van der Waals surface area (Å²) in [6.45, 7) is 6.48. The molecule has 5 nitrogen and oxygen atoms in total. The number of carbonyl (C=O) groups is 1. The van der Waals surface area contributed by atoms with E-state index in [4.69, 9.17) is 0 Å². The lowest BCUT2D eigenvalue weighted by molar-refractivity contribution is -0.131. The number of aromatic nitrogens is 3. The van der Waals surface area contributed by atoms with Gasteiger partial charge in [-0.3, -0.25) is 4.79 Å². The summed E-state index contributed by atoms with van der Waals surface area (Å²) >= 11 is 1.54. The molecule has 1 fully saturated rings. The number of amides is 1. The molecule has 1 aliphatic heterocycles. The normalized spacial score (nSPS) is 18.1. The van der Waals surface area contributed by atoms with Crippen molar-refractivity contribution < 1.29 is 4.79 Å². The van der Waals surface area contributed by atoms with E-state index >= 15 is 0 Å². The standard InChI is InChI=1S/C19H24N4OS/c1-3-23-17(15-8-9-15)20-21-19(23)25-13(2)18(24)22-11-10-14-6-4-5-7-16(14)12-22/h4-7,13,15H,3,8-12H2,1-2H3/t13-/m1/s1. The van der Waals surface area contributed by atoms with Gasteiger partial charge in [-0.25, -0.2) is 0 Å². The van der Waals surface area contributed by atoms with E-state index in [0.29, 0.717) is 12.5 Å². The quantitative estimate of drug-likeness (QED) is 0.772.